The van der Waals surface area contributed by atoms with Gasteiger partial charge in [0, 0.05) is 11.3 Å². The van der Waals surface area contributed by atoms with Gasteiger partial charge in [0.15, 0.2) is 0 Å². The molecule has 1 heterocycles. The van der Waals surface area contributed by atoms with Gasteiger partial charge in [-0.1, -0.05) is 6.07 Å². The first-order chi connectivity index (χ1) is 5.36. The molecule has 0 saturated carbocycles. The topological polar surface area (TPSA) is 40.9 Å². The monoisotopic (exact) mass is 165 g/mol. The van der Waals surface area contributed by atoms with E-state index in [9.17, 15) is 4.79 Å². The summed E-state index contributed by atoms with van der Waals surface area (Å²) in [5.41, 5.74) is 0. The fraction of sp³-hybridized carbons (Fsp3) is 0.250. The van der Waals surface area contributed by atoms with Crippen molar-refractivity contribution in [2.75, 3.05) is 0 Å². The Balaban J connectivity index is 2.56. The molecule has 0 bridgehead atoms. The summed E-state index contributed by atoms with van der Waals surface area (Å²) in [5.74, 6) is -0.478. The van der Waals surface area contributed by atoms with Gasteiger partial charge in [-0.15, -0.1) is 11.3 Å². The Labute approximate surface area is 69.1 Å². The van der Waals surface area contributed by atoms with Gasteiger partial charge in [-0.25, -0.2) is 0 Å². The summed E-state index contributed by atoms with van der Waals surface area (Å²) in [4.78, 5) is 11.3. The normalized spacial score (nSPS) is 11.9. The number of carbonyl (C=O) groups excluding carboxylic acids is 1. The molecule has 2 nitrogen and oxygen atoms in total. The van der Waals surface area contributed by atoms with Crippen molar-refractivity contribution in [2.45, 2.75) is 6.42 Å². The summed E-state index contributed by atoms with van der Waals surface area (Å²) in [6, 6.07) is 5.77. The molecule has 0 amide bonds. The van der Waals surface area contributed by atoms with Crippen LogP contribution in [0.1, 0.15) is 4.88 Å². The minimum Gasteiger partial charge on any atom is -0.302 e. The fourth-order valence-corrected chi connectivity index (χ4v) is 1.53. The quantitative estimate of drug-likeness (QED) is 0.639. The molecule has 0 aliphatic rings. The van der Waals surface area contributed by atoms with E-state index in [-0.39, 0.29) is 0 Å². The molecule has 3 heteroatoms. The van der Waals surface area contributed by atoms with Crippen LogP contribution in [0, 0.1) is 17.2 Å². The van der Waals surface area contributed by atoms with Gasteiger partial charge in [-0.05, 0) is 11.4 Å². The van der Waals surface area contributed by atoms with Gasteiger partial charge < -0.3 is 4.79 Å². The van der Waals surface area contributed by atoms with Crippen LogP contribution in [0.2, 0.25) is 0 Å². The number of aldehydes is 1. The van der Waals surface area contributed by atoms with Gasteiger partial charge in [-0.2, -0.15) is 5.26 Å². The largest absolute Gasteiger partial charge is 0.302 e. The van der Waals surface area contributed by atoms with Gasteiger partial charge in [0.1, 0.15) is 12.2 Å². The van der Waals surface area contributed by atoms with Crippen LogP contribution in [0.3, 0.4) is 0 Å². The van der Waals surface area contributed by atoms with Crippen LogP contribution in [0.5, 0.6) is 0 Å². The number of hydrogen-bond donors (Lipinski definition) is 0. The van der Waals surface area contributed by atoms with Crippen LogP contribution in [0.15, 0.2) is 17.5 Å². The average molecular weight is 165 g/mol. The molecule has 1 atom stereocenters. The Morgan fingerprint density at radius 1 is 1.82 bits per heavy atom. The van der Waals surface area contributed by atoms with Crippen LogP contribution >= 0.6 is 11.3 Å². The van der Waals surface area contributed by atoms with Crippen LogP contribution in [-0.2, 0) is 11.2 Å². The van der Waals surface area contributed by atoms with E-state index >= 15 is 0 Å². The minimum absolute atomic E-state index is 0.478. The molecule has 1 unspecified atom stereocenters. The zero-order valence-electron chi connectivity index (χ0n) is 5.86. The number of rotatable bonds is 3. The molecule has 0 N–H and O–H groups in total. The Morgan fingerprint density at radius 2 is 2.64 bits per heavy atom. The highest BCUT2D eigenvalue weighted by Crippen LogP contribution is 2.12. The molecule has 1 aromatic rings. The van der Waals surface area contributed by atoms with Crippen molar-refractivity contribution < 1.29 is 4.79 Å². The molecule has 0 fully saturated rings. The predicted molar refractivity (Wildman–Crippen MR) is 43.2 cm³/mol. The lowest BCUT2D eigenvalue weighted by molar-refractivity contribution is -0.109. The van der Waals surface area contributed by atoms with Gasteiger partial charge in [0.05, 0.1) is 6.07 Å². The molecular formula is C8H7NOS. The third kappa shape index (κ3) is 2.17. The molecule has 0 aromatic carbocycles. The molecule has 0 saturated heterocycles. The van der Waals surface area contributed by atoms with E-state index in [0.29, 0.717) is 12.7 Å². The summed E-state index contributed by atoms with van der Waals surface area (Å²) in [6.45, 7) is 0. The van der Waals surface area contributed by atoms with E-state index in [1.807, 2.05) is 23.6 Å². The summed E-state index contributed by atoms with van der Waals surface area (Å²) < 4.78 is 0. The second-order valence-corrected chi connectivity index (χ2v) is 3.19. The van der Waals surface area contributed by atoms with Crippen molar-refractivity contribution in [1.29, 1.82) is 5.26 Å². The second-order valence-electron chi connectivity index (χ2n) is 2.16. The number of nitriles is 1. The summed E-state index contributed by atoms with van der Waals surface area (Å²) in [5, 5.41) is 10.4. The highest BCUT2D eigenvalue weighted by molar-refractivity contribution is 7.09. The molecule has 11 heavy (non-hydrogen) atoms. The van der Waals surface area contributed by atoms with Crippen LogP contribution in [0.25, 0.3) is 0 Å². The lowest BCUT2D eigenvalue weighted by Gasteiger charge is -1.95. The predicted octanol–water partition coefficient (Wildman–Crippen LogP) is 1.63. The van der Waals surface area contributed by atoms with Crippen LogP contribution in [-0.4, -0.2) is 6.29 Å². The molecule has 0 radical (unpaired) electrons. The SMILES string of the molecule is N#CC(C=O)Cc1cccs1. The van der Waals surface area contributed by atoms with E-state index < -0.39 is 5.92 Å². The number of thiophene rings is 1. The summed E-state index contributed by atoms with van der Waals surface area (Å²) >= 11 is 1.57. The third-order valence-corrected chi connectivity index (χ3v) is 2.23. The molecular weight excluding hydrogens is 158 g/mol. The first-order valence-electron chi connectivity index (χ1n) is 3.24. The first kappa shape index (κ1) is 7.96. The maximum absolute atomic E-state index is 10.2. The highest BCUT2D eigenvalue weighted by Gasteiger charge is 2.06. The van der Waals surface area contributed by atoms with Gasteiger partial charge in [-0.3, -0.25) is 0 Å². The third-order valence-electron chi connectivity index (χ3n) is 1.33. The standard InChI is InChI=1S/C8H7NOS/c9-5-7(6-10)4-8-2-1-3-11-8/h1-3,6-7H,4H2. The van der Waals surface area contributed by atoms with E-state index in [1.54, 1.807) is 11.3 Å². The number of carbonyl (C=O) groups is 1. The highest BCUT2D eigenvalue weighted by atomic mass is 32.1. The van der Waals surface area contributed by atoms with E-state index in [4.69, 9.17) is 5.26 Å². The maximum atomic E-state index is 10.2. The fourth-order valence-electron chi connectivity index (χ4n) is 0.770. The number of nitrogens with zero attached hydrogens (tertiary/aromatic N) is 1. The van der Waals surface area contributed by atoms with Gasteiger partial charge in [0.2, 0.25) is 0 Å². The Morgan fingerprint density at radius 3 is 3.09 bits per heavy atom. The van der Waals surface area contributed by atoms with E-state index in [1.165, 1.54) is 0 Å². The summed E-state index contributed by atoms with van der Waals surface area (Å²) in [7, 11) is 0. The molecule has 0 aliphatic heterocycles. The van der Waals surface area contributed by atoms with Crippen molar-refractivity contribution in [1.82, 2.24) is 0 Å². The second kappa shape index (κ2) is 3.89. The Hall–Kier alpha value is -1.14. The first-order valence-corrected chi connectivity index (χ1v) is 4.12. The maximum Gasteiger partial charge on any atom is 0.137 e. The molecule has 56 valence electrons. The van der Waals surface area contributed by atoms with Crippen LogP contribution in [0.4, 0.5) is 0 Å². The van der Waals surface area contributed by atoms with Crippen molar-refractivity contribution in [3.05, 3.63) is 22.4 Å². The zero-order valence-corrected chi connectivity index (χ0v) is 6.67. The van der Waals surface area contributed by atoms with Gasteiger partial charge >= 0.3 is 0 Å². The Bertz CT molecular complexity index is 260. The molecule has 0 aliphatic carbocycles. The smallest absolute Gasteiger partial charge is 0.137 e. The molecule has 1 aromatic heterocycles. The van der Waals surface area contributed by atoms with Crippen molar-refractivity contribution in [2.24, 2.45) is 5.92 Å². The molecule has 1 rings (SSSR count). The van der Waals surface area contributed by atoms with Crippen molar-refractivity contribution in [3.8, 4) is 6.07 Å². The van der Waals surface area contributed by atoms with Gasteiger partial charge in [0.25, 0.3) is 0 Å². The van der Waals surface area contributed by atoms with E-state index in [0.717, 1.165) is 4.88 Å². The van der Waals surface area contributed by atoms with E-state index in [2.05, 4.69) is 0 Å². The Kier molecular flexibility index (Phi) is 2.82. The zero-order chi connectivity index (χ0) is 8.10. The average Bonchev–Trinajstić information content (AvgIpc) is 2.52. The van der Waals surface area contributed by atoms with Crippen molar-refractivity contribution >= 4 is 17.6 Å². The molecule has 0 spiro atoms. The summed E-state index contributed by atoms with van der Waals surface area (Å²) in [6.07, 6.45) is 1.25. The van der Waals surface area contributed by atoms with Crippen LogP contribution < -0.4 is 0 Å². The number of hydrogen-bond acceptors (Lipinski definition) is 3. The lowest BCUT2D eigenvalue weighted by atomic mass is 10.1. The lowest BCUT2D eigenvalue weighted by Crippen LogP contribution is -2.00. The van der Waals surface area contributed by atoms with Crippen molar-refractivity contribution in [3.63, 3.8) is 0 Å². The minimum atomic E-state index is -0.478.